The lowest BCUT2D eigenvalue weighted by Crippen LogP contribution is -2.42. The predicted molar refractivity (Wildman–Crippen MR) is 89.0 cm³/mol. The van der Waals surface area contributed by atoms with Crippen LogP contribution in [-0.4, -0.2) is 24.2 Å². The molecule has 1 aromatic heterocycles. The highest BCUT2D eigenvalue weighted by Crippen LogP contribution is 2.20. The first kappa shape index (κ1) is 17.1. The fraction of sp³-hybridized carbons (Fsp3) is 0.389. The SMILES string of the molecule is CC(C)(CNC(=O)NCC(O)c1ccco1)Cc1ccccc1. The van der Waals surface area contributed by atoms with Crippen LogP contribution in [0.25, 0.3) is 0 Å². The van der Waals surface area contributed by atoms with Gasteiger partial charge in [-0.05, 0) is 29.5 Å². The minimum atomic E-state index is -0.840. The normalized spacial score (nSPS) is 12.7. The molecule has 1 aromatic carbocycles. The maximum atomic E-state index is 11.9. The van der Waals surface area contributed by atoms with Gasteiger partial charge < -0.3 is 20.2 Å². The van der Waals surface area contributed by atoms with E-state index >= 15 is 0 Å². The first-order valence-electron chi connectivity index (χ1n) is 7.73. The molecule has 0 saturated heterocycles. The molecule has 5 nitrogen and oxygen atoms in total. The van der Waals surface area contributed by atoms with E-state index < -0.39 is 6.10 Å². The monoisotopic (exact) mass is 316 g/mol. The van der Waals surface area contributed by atoms with Gasteiger partial charge in [0, 0.05) is 6.54 Å². The number of hydrogen-bond donors (Lipinski definition) is 3. The highest BCUT2D eigenvalue weighted by Gasteiger charge is 2.20. The lowest BCUT2D eigenvalue weighted by Gasteiger charge is -2.25. The van der Waals surface area contributed by atoms with Crippen molar-refractivity contribution in [2.75, 3.05) is 13.1 Å². The Kier molecular flexibility index (Phi) is 5.82. The van der Waals surface area contributed by atoms with Crippen LogP contribution in [0.3, 0.4) is 0 Å². The van der Waals surface area contributed by atoms with Gasteiger partial charge in [0.05, 0.1) is 12.8 Å². The van der Waals surface area contributed by atoms with Crippen molar-refractivity contribution in [2.45, 2.75) is 26.4 Å². The second-order valence-corrected chi connectivity index (χ2v) is 6.42. The van der Waals surface area contributed by atoms with Crippen molar-refractivity contribution in [3.05, 3.63) is 60.1 Å². The number of furan rings is 1. The minimum Gasteiger partial charge on any atom is -0.467 e. The summed E-state index contributed by atoms with van der Waals surface area (Å²) in [6.07, 6.45) is 1.53. The molecular weight excluding hydrogens is 292 g/mol. The number of carbonyl (C=O) groups excluding carboxylic acids is 1. The van der Waals surface area contributed by atoms with Crippen molar-refractivity contribution in [3.8, 4) is 0 Å². The standard InChI is InChI=1S/C18H24N2O3/c1-18(2,11-14-7-4-3-5-8-14)13-20-17(22)19-12-15(21)16-9-6-10-23-16/h3-10,15,21H,11-13H2,1-2H3,(H2,19,20,22). The lowest BCUT2D eigenvalue weighted by atomic mass is 9.86. The van der Waals surface area contributed by atoms with E-state index in [9.17, 15) is 9.90 Å². The Labute approximate surface area is 136 Å². The van der Waals surface area contributed by atoms with Crippen molar-refractivity contribution in [1.29, 1.82) is 0 Å². The van der Waals surface area contributed by atoms with Crippen molar-refractivity contribution in [1.82, 2.24) is 10.6 Å². The van der Waals surface area contributed by atoms with Gasteiger partial charge in [0.1, 0.15) is 11.9 Å². The molecule has 1 atom stereocenters. The molecule has 0 bridgehead atoms. The van der Waals surface area contributed by atoms with Gasteiger partial charge in [0.25, 0.3) is 0 Å². The number of aliphatic hydroxyl groups is 1. The lowest BCUT2D eigenvalue weighted by molar-refractivity contribution is 0.147. The molecule has 0 radical (unpaired) electrons. The topological polar surface area (TPSA) is 74.5 Å². The van der Waals surface area contributed by atoms with Gasteiger partial charge >= 0.3 is 6.03 Å². The predicted octanol–water partition coefficient (Wildman–Crippen LogP) is 2.88. The summed E-state index contributed by atoms with van der Waals surface area (Å²) in [7, 11) is 0. The van der Waals surface area contributed by atoms with E-state index in [2.05, 4.69) is 36.6 Å². The highest BCUT2D eigenvalue weighted by molar-refractivity contribution is 5.73. The van der Waals surface area contributed by atoms with Gasteiger partial charge in [-0.2, -0.15) is 0 Å². The van der Waals surface area contributed by atoms with E-state index in [1.165, 1.54) is 11.8 Å². The Bertz CT molecular complexity index is 594. The molecule has 1 unspecified atom stereocenters. The smallest absolute Gasteiger partial charge is 0.314 e. The Morgan fingerprint density at radius 1 is 1.17 bits per heavy atom. The van der Waals surface area contributed by atoms with E-state index in [4.69, 9.17) is 4.42 Å². The molecule has 0 aliphatic rings. The van der Waals surface area contributed by atoms with Gasteiger partial charge in [-0.3, -0.25) is 0 Å². The van der Waals surface area contributed by atoms with E-state index in [0.717, 1.165) is 6.42 Å². The molecule has 2 amide bonds. The summed E-state index contributed by atoms with van der Waals surface area (Å²) in [5.74, 6) is 0.440. The van der Waals surface area contributed by atoms with E-state index in [1.54, 1.807) is 12.1 Å². The third-order valence-electron chi connectivity index (χ3n) is 3.58. The van der Waals surface area contributed by atoms with Crippen LogP contribution < -0.4 is 10.6 Å². The Morgan fingerprint density at radius 3 is 2.57 bits per heavy atom. The largest absolute Gasteiger partial charge is 0.467 e. The second-order valence-electron chi connectivity index (χ2n) is 6.42. The third kappa shape index (κ3) is 5.79. The molecule has 0 spiro atoms. The van der Waals surface area contributed by atoms with Gasteiger partial charge in [0.2, 0.25) is 0 Å². The zero-order valence-corrected chi connectivity index (χ0v) is 13.6. The molecule has 1 heterocycles. The molecule has 0 aliphatic heterocycles. The van der Waals surface area contributed by atoms with Crippen molar-refractivity contribution in [2.24, 2.45) is 5.41 Å². The summed E-state index contributed by atoms with van der Waals surface area (Å²) in [5.41, 5.74) is 1.19. The summed E-state index contributed by atoms with van der Waals surface area (Å²) in [5, 5.41) is 15.3. The molecule has 2 rings (SSSR count). The van der Waals surface area contributed by atoms with E-state index in [0.29, 0.717) is 12.3 Å². The number of amides is 2. The Hall–Kier alpha value is -2.27. The van der Waals surface area contributed by atoms with Crippen molar-refractivity contribution < 1.29 is 14.3 Å². The molecule has 2 aromatic rings. The van der Waals surface area contributed by atoms with Crippen molar-refractivity contribution in [3.63, 3.8) is 0 Å². The number of aliphatic hydroxyl groups excluding tert-OH is 1. The maximum absolute atomic E-state index is 11.9. The Morgan fingerprint density at radius 2 is 1.91 bits per heavy atom. The van der Waals surface area contributed by atoms with Crippen LogP contribution in [0.5, 0.6) is 0 Å². The molecule has 0 aliphatic carbocycles. The van der Waals surface area contributed by atoms with E-state index in [1.807, 2.05) is 18.2 Å². The number of hydrogen-bond acceptors (Lipinski definition) is 3. The summed E-state index contributed by atoms with van der Waals surface area (Å²) in [6, 6.07) is 13.3. The van der Waals surface area contributed by atoms with Crippen LogP contribution in [0.15, 0.2) is 53.1 Å². The van der Waals surface area contributed by atoms with E-state index in [-0.39, 0.29) is 18.0 Å². The third-order valence-corrected chi connectivity index (χ3v) is 3.58. The number of benzene rings is 1. The van der Waals surface area contributed by atoms with Crippen LogP contribution >= 0.6 is 0 Å². The second kappa shape index (κ2) is 7.83. The first-order chi connectivity index (χ1) is 11.0. The molecular formula is C18H24N2O3. The van der Waals surface area contributed by atoms with Gasteiger partial charge in [-0.25, -0.2) is 4.79 Å². The van der Waals surface area contributed by atoms with Gasteiger partial charge in [-0.1, -0.05) is 44.2 Å². The number of rotatable bonds is 7. The summed E-state index contributed by atoms with van der Waals surface area (Å²) >= 11 is 0. The molecule has 0 saturated carbocycles. The molecule has 5 heteroatoms. The highest BCUT2D eigenvalue weighted by atomic mass is 16.4. The summed E-state index contributed by atoms with van der Waals surface area (Å²) < 4.78 is 5.09. The van der Waals surface area contributed by atoms with Crippen LogP contribution in [0.2, 0.25) is 0 Å². The van der Waals surface area contributed by atoms with Crippen LogP contribution in [0, 0.1) is 5.41 Å². The van der Waals surface area contributed by atoms with Gasteiger partial charge in [-0.15, -0.1) is 0 Å². The fourth-order valence-corrected chi connectivity index (χ4v) is 2.36. The average molecular weight is 316 g/mol. The zero-order chi connectivity index (χ0) is 16.7. The average Bonchev–Trinajstić information content (AvgIpc) is 3.06. The number of carbonyl (C=O) groups is 1. The first-order valence-corrected chi connectivity index (χ1v) is 7.73. The van der Waals surface area contributed by atoms with Crippen LogP contribution in [0.1, 0.15) is 31.3 Å². The Balaban J connectivity index is 1.72. The molecule has 124 valence electrons. The summed E-state index contributed by atoms with van der Waals surface area (Å²) in [4.78, 5) is 11.9. The quantitative estimate of drug-likeness (QED) is 0.735. The number of nitrogens with one attached hydrogen (secondary N) is 2. The van der Waals surface area contributed by atoms with Crippen molar-refractivity contribution >= 4 is 6.03 Å². The summed E-state index contributed by atoms with van der Waals surface area (Å²) in [6.45, 7) is 4.87. The molecule has 3 N–H and O–H groups in total. The number of urea groups is 1. The fourth-order valence-electron chi connectivity index (χ4n) is 2.36. The molecule has 0 fully saturated rings. The zero-order valence-electron chi connectivity index (χ0n) is 13.6. The molecule has 23 heavy (non-hydrogen) atoms. The van der Waals surface area contributed by atoms with Crippen LogP contribution in [-0.2, 0) is 6.42 Å². The maximum Gasteiger partial charge on any atom is 0.314 e. The minimum absolute atomic E-state index is 0.0572. The van der Waals surface area contributed by atoms with Crippen LogP contribution in [0.4, 0.5) is 4.79 Å². The van der Waals surface area contributed by atoms with Gasteiger partial charge in [0.15, 0.2) is 0 Å².